The van der Waals surface area contributed by atoms with Crippen LogP contribution in [0.4, 0.5) is 4.79 Å². The Morgan fingerprint density at radius 3 is 1.78 bits per heavy atom. The van der Waals surface area contributed by atoms with E-state index in [0.29, 0.717) is 4.90 Å². The number of hydrogen-bond acceptors (Lipinski definition) is 4. The lowest BCUT2D eigenvalue weighted by Crippen LogP contribution is -2.27. The van der Waals surface area contributed by atoms with Gasteiger partial charge in [-0.05, 0) is 32.9 Å². The molecule has 18 heavy (non-hydrogen) atoms. The molecule has 5 nitrogen and oxygen atoms in total. The minimum Gasteiger partial charge on any atom is -0.444 e. The van der Waals surface area contributed by atoms with Crippen molar-refractivity contribution >= 4 is 15.9 Å². The Bertz CT molecular complexity index is 475. The van der Waals surface area contributed by atoms with Crippen molar-refractivity contribution in [3.63, 3.8) is 0 Å². The maximum Gasteiger partial charge on any atom is 0.405 e. The lowest BCUT2D eigenvalue weighted by atomic mass is 10.2. The summed E-state index contributed by atoms with van der Waals surface area (Å²) in [5, 5.41) is 0. The third-order valence-electron chi connectivity index (χ3n) is 1.58. The first-order valence-corrected chi connectivity index (χ1v) is 7.15. The second kappa shape index (κ2) is 6.39. The van der Waals surface area contributed by atoms with Crippen LogP contribution in [-0.2, 0) is 14.6 Å². The van der Waals surface area contributed by atoms with Gasteiger partial charge < -0.3 is 10.5 Å². The predicted octanol–water partition coefficient (Wildman–Crippen LogP) is 1.97. The van der Waals surface area contributed by atoms with Crippen molar-refractivity contribution in [2.45, 2.75) is 31.3 Å². The molecular formula is C12H19NO4S. The van der Waals surface area contributed by atoms with Gasteiger partial charge in [0.1, 0.15) is 5.60 Å². The number of sulfone groups is 1. The Balaban J connectivity index is 0.000000331. The maximum atomic E-state index is 10.8. The molecule has 1 amide bonds. The number of ether oxygens (including phenoxy) is 1. The van der Waals surface area contributed by atoms with Crippen molar-refractivity contribution in [2.24, 2.45) is 5.73 Å². The lowest BCUT2D eigenvalue weighted by Gasteiger charge is -2.16. The highest BCUT2D eigenvalue weighted by Gasteiger charge is 2.12. The molecule has 1 aromatic rings. The van der Waals surface area contributed by atoms with Crippen molar-refractivity contribution in [1.29, 1.82) is 0 Å². The first-order chi connectivity index (χ1) is 8.02. The Morgan fingerprint density at radius 2 is 1.61 bits per heavy atom. The smallest absolute Gasteiger partial charge is 0.405 e. The standard InChI is InChI=1S/C7H8O2S.C5H11NO2/c1-10(8,9)7-5-3-2-4-6-7;1-5(2,3)8-4(6)7/h2-6H,1H3;1-3H3,(H2,6,7). The quantitative estimate of drug-likeness (QED) is 0.847. The van der Waals surface area contributed by atoms with Crippen LogP contribution in [0.3, 0.4) is 0 Å². The molecule has 0 fully saturated rings. The summed E-state index contributed by atoms with van der Waals surface area (Å²) in [5.74, 6) is 0. The van der Waals surface area contributed by atoms with Crippen LogP contribution in [0.5, 0.6) is 0 Å². The fourth-order valence-corrected chi connectivity index (χ4v) is 1.62. The average molecular weight is 273 g/mol. The Labute approximate surface area is 108 Å². The van der Waals surface area contributed by atoms with Crippen LogP contribution < -0.4 is 5.73 Å². The SMILES string of the molecule is CC(C)(C)OC(N)=O.CS(=O)(=O)c1ccccc1. The Morgan fingerprint density at radius 1 is 1.17 bits per heavy atom. The van der Waals surface area contributed by atoms with Crippen molar-refractivity contribution < 1.29 is 17.9 Å². The zero-order chi connectivity index (χ0) is 14.4. The van der Waals surface area contributed by atoms with Gasteiger partial charge in [0, 0.05) is 6.26 Å². The molecule has 0 aliphatic rings. The van der Waals surface area contributed by atoms with E-state index in [1.165, 1.54) is 6.26 Å². The van der Waals surface area contributed by atoms with Crippen molar-refractivity contribution in [1.82, 2.24) is 0 Å². The molecule has 0 saturated carbocycles. The van der Waals surface area contributed by atoms with Gasteiger partial charge in [-0.2, -0.15) is 0 Å². The van der Waals surface area contributed by atoms with E-state index >= 15 is 0 Å². The molecule has 0 heterocycles. The molecule has 0 bridgehead atoms. The summed E-state index contributed by atoms with van der Waals surface area (Å²) in [6, 6.07) is 8.35. The number of carbonyl (C=O) groups is 1. The summed E-state index contributed by atoms with van der Waals surface area (Å²) in [7, 11) is -3.00. The summed E-state index contributed by atoms with van der Waals surface area (Å²) in [6.45, 7) is 5.28. The number of nitrogens with two attached hydrogens (primary N) is 1. The van der Waals surface area contributed by atoms with E-state index in [9.17, 15) is 13.2 Å². The molecule has 0 unspecified atom stereocenters. The summed E-state index contributed by atoms with van der Waals surface area (Å²) >= 11 is 0. The summed E-state index contributed by atoms with van der Waals surface area (Å²) in [5.41, 5.74) is 4.26. The van der Waals surface area contributed by atoms with Crippen LogP contribution >= 0.6 is 0 Å². The van der Waals surface area contributed by atoms with Crippen molar-refractivity contribution in [3.05, 3.63) is 30.3 Å². The molecule has 2 N–H and O–H groups in total. The molecule has 0 aliphatic carbocycles. The van der Waals surface area contributed by atoms with Gasteiger partial charge in [0.05, 0.1) is 4.90 Å². The van der Waals surface area contributed by atoms with Gasteiger partial charge >= 0.3 is 6.09 Å². The summed E-state index contributed by atoms with van der Waals surface area (Å²) < 4.78 is 26.2. The topological polar surface area (TPSA) is 86.5 Å². The number of amides is 1. The van der Waals surface area contributed by atoms with E-state index < -0.39 is 21.5 Å². The van der Waals surface area contributed by atoms with Crippen molar-refractivity contribution in [2.75, 3.05) is 6.26 Å². The monoisotopic (exact) mass is 273 g/mol. The molecule has 1 aromatic carbocycles. The second-order valence-electron chi connectivity index (χ2n) is 4.62. The molecular weight excluding hydrogens is 254 g/mol. The normalized spacial score (nSPS) is 11.1. The highest BCUT2D eigenvalue weighted by Crippen LogP contribution is 2.05. The molecule has 0 atom stereocenters. The van der Waals surface area contributed by atoms with E-state index in [4.69, 9.17) is 5.73 Å². The maximum absolute atomic E-state index is 10.8. The van der Waals surface area contributed by atoms with Gasteiger partial charge in [-0.25, -0.2) is 13.2 Å². The van der Waals surface area contributed by atoms with Crippen LogP contribution in [0.2, 0.25) is 0 Å². The first kappa shape index (κ1) is 16.4. The van der Waals surface area contributed by atoms with E-state index in [0.717, 1.165) is 0 Å². The molecule has 0 aliphatic heterocycles. The van der Waals surface area contributed by atoms with Crippen LogP contribution in [-0.4, -0.2) is 26.4 Å². The lowest BCUT2D eigenvalue weighted by molar-refractivity contribution is 0.0600. The molecule has 0 spiro atoms. The fourth-order valence-electron chi connectivity index (χ4n) is 0.969. The Kier molecular flexibility index (Phi) is 5.84. The van der Waals surface area contributed by atoms with Gasteiger partial charge in [-0.15, -0.1) is 0 Å². The van der Waals surface area contributed by atoms with Crippen LogP contribution in [0.25, 0.3) is 0 Å². The van der Waals surface area contributed by atoms with Crippen LogP contribution in [0, 0.1) is 0 Å². The van der Waals surface area contributed by atoms with Gasteiger partial charge in [0.15, 0.2) is 9.84 Å². The van der Waals surface area contributed by atoms with Crippen LogP contribution in [0.1, 0.15) is 20.8 Å². The summed E-state index contributed by atoms with van der Waals surface area (Å²) in [4.78, 5) is 10.4. The van der Waals surface area contributed by atoms with Crippen LogP contribution in [0.15, 0.2) is 35.2 Å². The zero-order valence-corrected chi connectivity index (χ0v) is 11.8. The van der Waals surface area contributed by atoms with E-state index in [-0.39, 0.29) is 0 Å². The average Bonchev–Trinajstić information content (AvgIpc) is 2.14. The minimum atomic E-state index is -3.00. The molecule has 1 rings (SSSR count). The minimum absolute atomic E-state index is 0.370. The third-order valence-corrected chi connectivity index (χ3v) is 2.71. The number of primary amides is 1. The third kappa shape index (κ3) is 8.58. The number of hydrogen-bond donors (Lipinski definition) is 1. The van der Waals surface area contributed by atoms with E-state index in [2.05, 4.69) is 4.74 Å². The van der Waals surface area contributed by atoms with Gasteiger partial charge in [0.25, 0.3) is 0 Å². The largest absolute Gasteiger partial charge is 0.444 e. The fraction of sp³-hybridized carbons (Fsp3) is 0.417. The van der Waals surface area contributed by atoms with Crippen molar-refractivity contribution in [3.8, 4) is 0 Å². The van der Waals surface area contributed by atoms with Gasteiger partial charge in [-0.3, -0.25) is 0 Å². The molecule has 0 radical (unpaired) electrons. The van der Waals surface area contributed by atoms with E-state index in [1.54, 1.807) is 51.1 Å². The number of rotatable bonds is 1. The highest BCUT2D eigenvalue weighted by molar-refractivity contribution is 7.90. The van der Waals surface area contributed by atoms with Gasteiger partial charge in [-0.1, -0.05) is 18.2 Å². The Hall–Kier alpha value is -1.56. The second-order valence-corrected chi connectivity index (χ2v) is 6.63. The summed E-state index contributed by atoms with van der Waals surface area (Å²) in [6.07, 6.45) is 0.472. The first-order valence-electron chi connectivity index (χ1n) is 5.26. The number of carbonyl (C=O) groups excluding carboxylic acids is 1. The highest BCUT2D eigenvalue weighted by atomic mass is 32.2. The molecule has 102 valence electrons. The molecule has 0 aromatic heterocycles. The molecule has 6 heteroatoms. The predicted molar refractivity (Wildman–Crippen MR) is 70.0 cm³/mol. The zero-order valence-electron chi connectivity index (χ0n) is 11.0. The van der Waals surface area contributed by atoms with E-state index in [1.807, 2.05) is 0 Å². The number of benzene rings is 1. The molecule has 0 saturated heterocycles. The van der Waals surface area contributed by atoms with Gasteiger partial charge in [0.2, 0.25) is 0 Å².